The standard InChI is InChI=1S/C16H21N3OS/c17-14(21)16(7-4-8-16)15(20)19-11-9-18(10-12-19)13-5-2-1-3-6-13/h1-3,5-6H,4,7-12H2,(H2,17,21). The van der Waals surface area contributed by atoms with Crippen LogP contribution in [0, 0.1) is 5.41 Å². The van der Waals surface area contributed by atoms with E-state index in [4.69, 9.17) is 18.0 Å². The van der Waals surface area contributed by atoms with Crippen LogP contribution in [0.5, 0.6) is 0 Å². The molecular weight excluding hydrogens is 282 g/mol. The maximum Gasteiger partial charge on any atom is 0.235 e. The maximum absolute atomic E-state index is 12.7. The Labute approximate surface area is 130 Å². The molecule has 3 rings (SSSR count). The molecule has 21 heavy (non-hydrogen) atoms. The van der Waals surface area contributed by atoms with E-state index in [2.05, 4.69) is 17.0 Å². The van der Waals surface area contributed by atoms with Gasteiger partial charge >= 0.3 is 0 Å². The average Bonchev–Trinajstić information content (AvgIpc) is 2.47. The Morgan fingerprint density at radius 3 is 2.19 bits per heavy atom. The molecule has 0 radical (unpaired) electrons. The van der Waals surface area contributed by atoms with Gasteiger partial charge in [0.2, 0.25) is 5.91 Å². The Hall–Kier alpha value is -1.62. The molecule has 0 bridgehead atoms. The molecule has 0 unspecified atom stereocenters. The van der Waals surface area contributed by atoms with Gasteiger partial charge in [-0.15, -0.1) is 0 Å². The zero-order valence-electron chi connectivity index (χ0n) is 12.1. The number of rotatable bonds is 3. The predicted molar refractivity (Wildman–Crippen MR) is 88.3 cm³/mol. The van der Waals surface area contributed by atoms with Gasteiger partial charge in [-0.1, -0.05) is 36.8 Å². The van der Waals surface area contributed by atoms with Crippen LogP contribution in [0.15, 0.2) is 30.3 Å². The van der Waals surface area contributed by atoms with E-state index >= 15 is 0 Å². The second-order valence-corrected chi connectivity index (χ2v) is 6.35. The van der Waals surface area contributed by atoms with Crippen LogP contribution in [0.3, 0.4) is 0 Å². The zero-order chi connectivity index (χ0) is 14.9. The van der Waals surface area contributed by atoms with Crippen molar-refractivity contribution in [2.45, 2.75) is 19.3 Å². The minimum atomic E-state index is -0.537. The van der Waals surface area contributed by atoms with Gasteiger partial charge in [-0.25, -0.2) is 0 Å². The van der Waals surface area contributed by atoms with Crippen LogP contribution < -0.4 is 10.6 Å². The second kappa shape index (κ2) is 5.64. The number of thiocarbonyl (C=S) groups is 1. The van der Waals surface area contributed by atoms with E-state index in [0.717, 1.165) is 45.4 Å². The van der Waals surface area contributed by atoms with Crippen LogP contribution in [0.25, 0.3) is 0 Å². The molecule has 1 saturated carbocycles. The molecule has 2 N–H and O–H groups in total. The molecule has 0 atom stereocenters. The first-order valence-electron chi connectivity index (χ1n) is 7.53. The topological polar surface area (TPSA) is 49.6 Å². The van der Waals surface area contributed by atoms with Crippen LogP contribution in [-0.2, 0) is 4.79 Å². The minimum absolute atomic E-state index is 0.147. The Kier molecular flexibility index (Phi) is 3.85. The molecule has 0 spiro atoms. The van der Waals surface area contributed by atoms with E-state index in [-0.39, 0.29) is 5.91 Å². The van der Waals surface area contributed by atoms with Crippen LogP contribution in [-0.4, -0.2) is 42.0 Å². The molecule has 1 amide bonds. The summed E-state index contributed by atoms with van der Waals surface area (Å²) in [5.74, 6) is 0.147. The molecule has 1 aliphatic heterocycles. The van der Waals surface area contributed by atoms with Crippen LogP contribution >= 0.6 is 12.2 Å². The number of benzene rings is 1. The Bertz CT molecular complexity index is 534. The molecule has 1 aliphatic carbocycles. The second-order valence-electron chi connectivity index (χ2n) is 5.91. The van der Waals surface area contributed by atoms with E-state index in [1.807, 2.05) is 23.1 Å². The summed E-state index contributed by atoms with van der Waals surface area (Å²) >= 11 is 5.15. The Morgan fingerprint density at radius 1 is 1.10 bits per heavy atom. The lowest BCUT2D eigenvalue weighted by Crippen LogP contribution is -2.58. The fourth-order valence-electron chi connectivity index (χ4n) is 3.21. The van der Waals surface area contributed by atoms with E-state index in [9.17, 15) is 4.79 Å². The first-order valence-corrected chi connectivity index (χ1v) is 7.94. The summed E-state index contributed by atoms with van der Waals surface area (Å²) in [7, 11) is 0. The van der Waals surface area contributed by atoms with Gasteiger partial charge in [-0.2, -0.15) is 0 Å². The van der Waals surface area contributed by atoms with Gasteiger partial charge in [0.15, 0.2) is 0 Å². The van der Waals surface area contributed by atoms with Crippen LogP contribution in [0.2, 0.25) is 0 Å². The summed E-state index contributed by atoms with van der Waals surface area (Å²) in [6.45, 7) is 3.22. The molecular formula is C16H21N3OS. The quantitative estimate of drug-likeness (QED) is 0.865. The van der Waals surface area contributed by atoms with Crippen molar-refractivity contribution in [3.8, 4) is 0 Å². The fraction of sp³-hybridized carbons (Fsp3) is 0.500. The molecule has 1 aromatic carbocycles. The smallest absolute Gasteiger partial charge is 0.235 e. The lowest BCUT2D eigenvalue weighted by Gasteiger charge is -2.45. The van der Waals surface area contributed by atoms with Crippen molar-refractivity contribution in [2.24, 2.45) is 11.1 Å². The number of nitrogens with two attached hydrogens (primary N) is 1. The van der Waals surface area contributed by atoms with Crippen LogP contribution in [0.1, 0.15) is 19.3 Å². The highest BCUT2D eigenvalue weighted by Crippen LogP contribution is 2.43. The normalized spacial score (nSPS) is 20.8. The maximum atomic E-state index is 12.7. The Balaban J connectivity index is 1.63. The number of carbonyl (C=O) groups is 1. The van der Waals surface area contributed by atoms with E-state index < -0.39 is 5.41 Å². The van der Waals surface area contributed by atoms with Gasteiger partial charge in [0, 0.05) is 31.9 Å². The van der Waals surface area contributed by atoms with Gasteiger partial charge in [0.05, 0.1) is 10.4 Å². The lowest BCUT2D eigenvalue weighted by molar-refractivity contribution is -0.142. The van der Waals surface area contributed by atoms with Crippen molar-refractivity contribution < 1.29 is 4.79 Å². The third kappa shape index (κ3) is 2.50. The Morgan fingerprint density at radius 2 is 1.71 bits per heavy atom. The zero-order valence-corrected chi connectivity index (χ0v) is 12.9. The third-order valence-electron chi connectivity index (χ3n) is 4.78. The highest BCUT2D eigenvalue weighted by Gasteiger charge is 2.49. The van der Waals surface area contributed by atoms with Crippen molar-refractivity contribution in [2.75, 3.05) is 31.1 Å². The summed E-state index contributed by atoms with van der Waals surface area (Å²) < 4.78 is 0. The molecule has 4 nitrogen and oxygen atoms in total. The first kappa shape index (κ1) is 14.3. The molecule has 5 heteroatoms. The van der Waals surface area contributed by atoms with Crippen molar-refractivity contribution in [1.82, 2.24) is 4.90 Å². The molecule has 2 fully saturated rings. The van der Waals surface area contributed by atoms with Crippen molar-refractivity contribution in [3.63, 3.8) is 0 Å². The van der Waals surface area contributed by atoms with Gasteiger partial charge in [-0.05, 0) is 25.0 Å². The summed E-state index contributed by atoms with van der Waals surface area (Å²) in [5, 5.41) is 0. The highest BCUT2D eigenvalue weighted by molar-refractivity contribution is 7.80. The first-order chi connectivity index (χ1) is 10.1. The number of carbonyl (C=O) groups excluding carboxylic acids is 1. The van der Waals surface area contributed by atoms with Gasteiger partial charge in [0.1, 0.15) is 0 Å². The summed E-state index contributed by atoms with van der Waals surface area (Å²) in [6.07, 6.45) is 2.69. The van der Waals surface area contributed by atoms with Gasteiger partial charge in [0.25, 0.3) is 0 Å². The summed E-state index contributed by atoms with van der Waals surface area (Å²) in [6, 6.07) is 10.3. The number of hydrogen-bond donors (Lipinski definition) is 1. The van der Waals surface area contributed by atoms with E-state index in [1.54, 1.807) is 0 Å². The number of nitrogens with zero attached hydrogens (tertiary/aromatic N) is 2. The monoisotopic (exact) mass is 303 g/mol. The van der Waals surface area contributed by atoms with Crippen molar-refractivity contribution in [1.29, 1.82) is 0 Å². The summed E-state index contributed by atoms with van der Waals surface area (Å²) in [5.41, 5.74) is 6.51. The van der Waals surface area contributed by atoms with Gasteiger partial charge in [-0.3, -0.25) is 4.79 Å². The fourth-order valence-corrected chi connectivity index (χ4v) is 3.50. The minimum Gasteiger partial charge on any atom is -0.392 e. The average molecular weight is 303 g/mol. The lowest BCUT2D eigenvalue weighted by atomic mass is 9.67. The predicted octanol–water partition coefficient (Wildman–Crippen LogP) is 1.79. The number of para-hydroxylation sites is 1. The van der Waals surface area contributed by atoms with E-state index in [0.29, 0.717) is 4.99 Å². The molecule has 2 aliphatic rings. The van der Waals surface area contributed by atoms with E-state index in [1.165, 1.54) is 5.69 Å². The van der Waals surface area contributed by atoms with Crippen LogP contribution in [0.4, 0.5) is 5.69 Å². The number of anilines is 1. The number of amides is 1. The van der Waals surface area contributed by atoms with Crippen molar-refractivity contribution in [3.05, 3.63) is 30.3 Å². The number of piperazine rings is 1. The molecule has 112 valence electrons. The number of hydrogen-bond acceptors (Lipinski definition) is 3. The molecule has 1 heterocycles. The summed E-state index contributed by atoms with van der Waals surface area (Å²) in [4.78, 5) is 17.4. The highest BCUT2D eigenvalue weighted by atomic mass is 32.1. The molecule has 1 saturated heterocycles. The molecule has 0 aromatic heterocycles. The van der Waals surface area contributed by atoms with Gasteiger partial charge < -0.3 is 15.5 Å². The van der Waals surface area contributed by atoms with Crippen molar-refractivity contribution >= 4 is 28.8 Å². The third-order valence-corrected chi connectivity index (χ3v) is 5.17. The largest absolute Gasteiger partial charge is 0.392 e. The molecule has 1 aromatic rings. The SMILES string of the molecule is NC(=S)C1(C(=O)N2CCN(c3ccccc3)CC2)CCC1.